The number of pyridine rings is 1. The second kappa shape index (κ2) is 10.1. The van der Waals surface area contributed by atoms with Gasteiger partial charge in [-0.15, -0.1) is 0 Å². The molecule has 0 fully saturated rings. The minimum atomic E-state index is -2.58. The highest BCUT2D eigenvalue weighted by molar-refractivity contribution is 6.60. The highest BCUT2D eigenvalue weighted by Gasteiger charge is 2.39. The number of aromatic nitrogens is 1. The van der Waals surface area contributed by atoms with Crippen molar-refractivity contribution in [2.45, 2.75) is 39.7 Å². The van der Waals surface area contributed by atoms with Crippen molar-refractivity contribution in [2.24, 2.45) is 0 Å². The summed E-state index contributed by atoms with van der Waals surface area (Å²) in [4.78, 5) is 4.30. The number of hydrogen-bond donors (Lipinski definition) is 0. The average molecular weight is 344 g/mol. The van der Waals surface area contributed by atoms with Crippen molar-refractivity contribution in [1.29, 1.82) is 0 Å². The molecule has 22 heavy (non-hydrogen) atoms. The van der Waals surface area contributed by atoms with Crippen molar-refractivity contribution < 1.29 is 13.3 Å². The molecule has 1 aromatic rings. The van der Waals surface area contributed by atoms with E-state index in [1.54, 1.807) is 12.3 Å². The van der Waals surface area contributed by atoms with E-state index in [9.17, 15) is 0 Å². The van der Waals surface area contributed by atoms with Crippen LogP contribution in [0.2, 0.25) is 11.1 Å². The number of halogens is 1. The van der Waals surface area contributed by atoms with Crippen molar-refractivity contribution in [1.82, 2.24) is 4.98 Å². The summed E-state index contributed by atoms with van der Waals surface area (Å²) in [5, 5.41) is 0.724. The Morgan fingerprint density at radius 2 is 1.77 bits per heavy atom. The molecule has 0 aliphatic carbocycles. The quantitative estimate of drug-likeness (QED) is 0.560. The summed E-state index contributed by atoms with van der Waals surface area (Å²) in [5.41, 5.74) is 1.86. The first kappa shape index (κ1) is 19.3. The summed E-state index contributed by atoms with van der Waals surface area (Å²) in [5.74, 6) is 0. The maximum Gasteiger partial charge on any atom is 0.500 e. The van der Waals surface area contributed by atoms with E-state index in [2.05, 4.69) is 11.6 Å². The fourth-order valence-electron chi connectivity index (χ4n) is 2.39. The van der Waals surface area contributed by atoms with E-state index in [0.717, 1.165) is 35.2 Å². The monoisotopic (exact) mass is 343 g/mol. The number of rotatable bonds is 11. The second-order valence-electron chi connectivity index (χ2n) is 4.70. The molecule has 4 nitrogen and oxygen atoms in total. The van der Waals surface area contributed by atoms with Gasteiger partial charge in [-0.3, -0.25) is 4.98 Å². The van der Waals surface area contributed by atoms with E-state index >= 15 is 0 Å². The average Bonchev–Trinajstić information content (AvgIpc) is 2.49. The zero-order valence-corrected chi connectivity index (χ0v) is 15.5. The standard InChI is InChI=1S/C16H26ClNO3Si/c1-5-16-14(15(17)11-12-18-16)10-9-13-22(19-6-2,20-7-3)21-8-4/h5,11-12H,1,6-10,13H2,2-4H3. The van der Waals surface area contributed by atoms with Crippen molar-refractivity contribution in [3.8, 4) is 0 Å². The molecule has 0 spiro atoms. The van der Waals surface area contributed by atoms with Crippen LogP contribution in [-0.4, -0.2) is 33.6 Å². The van der Waals surface area contributed by atoms with Crippen LogP contribution in [0, 0.1) is 0 Å². The van der Waals surface area contributed by atoms with Gasteiger partial charge < -0.3 is 13.3 Å². The number of hydrogen-bond acceptors (Lipinski definition) is 4. The highest BCUT2D eigenvalue weighted by atomic mass is 35.5. The van der Waals surface area contributed by atoms with Crippen LogP contribution in [0.15, 0.2) is 18.8 Å². The predicted octanol–water partition coefficient (Wildman–Crippen LogP) is 4.36. The largest absolute Gasteiger partial charge is 0.500 e. The van der Waals surface area contributed by atoms with Crippen LogP contribution in [0.3, 0.4) is 0 Å². The lowest BCUT2D eigenvalue weighted by Gasteiger charge is -2.28. The molecule has 0 aromatic carbocycles. The Morgan fingerprint density at radius 3 is 2.27 bits per heavy atom. The Labute approximate surface area is 139 Å². The van der Waals surface area contributed by atoms with Crippen molar-refractivity contribution in [3.63, 3.8) is 0 Å². The summed E-state index contributed by atoms with van der Waals surface area (Å²) >= 11 is 6.27. The van der Waals surface area contributed by atoms with Gasteiger partial charge in [-0.05, 0) is 51.3 Å². The Balaban J connectivity index is 2.75. The minimum absolute atomic E-state index is 0.595. The molecule has 0 amide bonds. The van der Waals surface area contributed by atoms with Crippen molar-refractivity contribution in [2.75, 3.05) is 19.8 Å². The van der Waals surface area contributed by atoms with Gasteiger partial charge in [-0.25, -0.2) is 0 Å². The van der Waals surface area contributed by atoms with Gasteiger partial charge in [0.05, 0.1) is 5.69 Å². The van der Waals surface area contributed by atoms with Crippen LogP contribution in [0.1, 0.15) is 38.4 Å². The Hall–Kier alpha value is -0.723. The first-order valence-electron chi connectivity index (χ1n) is 7.80. The minimum Gasteiger partial charge on any atom is -0.374 e. The third-order valence-electron chi connectivity index (χ3n) is 3.23. The summed E-state index contributed by atoms with van der Waals surface area (Å²) in [7, 11) is -2.58. The van der Waals surface area contributed by atoms with Crippen LogP contribution in [0.5, 0.6) is 0 Å². The lowest BCUT2D eigenvalue weighted by Crippen LogP contribution is -2.46. The van der Waals surface area contributed by atoms with Gasteiger partial charge in [0.25, 0.3) is 0 Å². The van der Waals surface area contributed by atoms with E-state index in [0.29, 0.717) is 19.8 Å². The van der Waals surface area contributed by atoms with E-state index in [1.165, 1.54) is 0 Å². The summed E-state index contributed by atoms with van der Waals surface area (Å²) in [6.07, 6.45) is 5.11. The van der Waals surface area contributed by atoms with Gasteiger partial charge in [0.2, 0.25) is 0 Å². The van der Waals surface area contributed by atoms with Crippen molar-refractivity contribution in [3.05, 3.63) is 35.1 Å². The third kappa shape index (κ3) is 5.48. The number of nitrogens with zero attached hydrogens (tertiary/aromatic N) is 1. The highest BCUT2D eigenvalue weighted by Crippen LogP contribution is 2.24. The molecule has 1 heterocycles. The molecular weight excluding hydrogens is 318 g/mol. The molecule has 6 heteroatoms. The van der Waals surface area contributed by atoms with Crippen LogP contribution in [0.25, 0.3) is 6.08 Å². The molecule has 0 N–H and O–H groups in total. The molecule has 0 saturated carbocycles. The fourth-order valence-corrected chi connectivity index (χ4v) is 5.25. The molecule has 0 saturated heterocycles. The smallest absolute Gasteiger partial charge is 0.374 e. The molecule has 0 radical (unpaired) electrons. The molecule has 0 unspecified atom stereocenters. The van der Waals surface area contributed by atoms with Crippen LogP contribution >= 0.6 is 11.6 Å². The van der Waals surface area contributed by atoms with Crippen LogP contribution < -0.4 is 0 Å². The molecule has 0 atom stereocenters. The first-order valence-corrected chi connectivity index (χ1v) is 10.1. The summed E-state index contributed by atoms with van der Waals surface area (Å²) < 4.78 is 17.6. The van der Waals surface area contributed by atoms with Gasteiger partial charge in [-0.2, -0.15) is 0 Å². The SMILES string of the molecule is C=Cc1nccc(Cl)c1CCC[Si](OCC)(OCC)OCC. The normalized spacial score (nSPS) is 11.6. The Bertz CT molecular complexity index is 454. The van der Waals surface area contributed by atoms with Gasteiger partial charge in [0.1, 0.15) is 0 Å². The first-order chi connectivity index (χ1) is 10.6. The van der Waals surface area contributed by atoms with E-state index in [1.807, 2.05) is 26.8 Å². The molecular formula is C16H26ClNO3Si. The maximum atomic E-state index is 6.27. The zero-order chi connectivity index (χ0) is 16.4. The summed E-state index contributed by atoms with van der Waals surface area (Å²) in [6, 6.07) is 2.58. The topological polar surface area (TPSA) is 40.6 Å². The third-order valence-corrected chi connectivity index (χ3v) is 6.73. The zero-order valence-electron chi connectivity index (χ0n) is 13.7. The van der Waals surface area contributed by atoms with Crippen LogP contribution in [-0.2, 0) is 19.7 Å². The van der Waals surface area contributed by atoms with Gasteiger partial charge in [0.15, 0.2) is 0 Å². The van der Waals surface area contributed by atoms with Gasteiger partial charge >= 0.3 is 8.80 Å². The van der Waals surface area contributed by atoms with E-state index in [4.69, 9.17) is 24.9 Å². The Morgan fingerprint density at radius 1 is 1.18 bits per heavy atom. The molecule has 0 bridgehead atoms. The van der Waals surface area contributed by atoms with E-state index < -0.39 is 8.80 Å². The fraction of sp³-hybridized carbons (Fsp3) is 0.562. The Kier molecular flexibility index (Phi) is 8.90. The van der Waals surface area contributed by atoms with Gasteiger partial charge in [-0.1, -0.05) is 18.2 Å². The molecule has 1 aromatic heterocycles. The lowest BCUT2D eigenvalue weighted by molar-refractivity contribution is 0.0708. The predicted molar refractivity (Wildman–Crippen MR) is 93.1 cm³/mol. The van der Waals surface area contributed by atoms with E-state index in [-0.39, 0.29) is 0 Å². The summed E-state index contributed by atoms with van der Waals surface area (Å²) in [6.45, 7) is 11.5. The second-order valence-corrected chi connectivity index (χ2v) is 7.84. The van der Waals surface area contributed by atoms with Crippen LogP contribution in [0.4, 0.5) is 0 Å². The molecule has 124 valence electrons. The maximum absolute atomic E-state index is 6.27. The molecule has 0 aliphatic rings. The lowest BCUT2D eigenvalue weighted by atomic mass is 10.1. The van der Waals surface area contributed by atoms with Crippen molar-refractivity contribution >= 4 is 26.5 Å². The molecule has 1 rings (SSSR count). The molecule has 0 aliphatic heterocycles. The van der Waals surface area contributed by atoms with Gasteiger partial charge in [0, 0.05) is 37.1 Å².